The molecule has 0 fully saturated rings. The van der Waals surface area contributed by atoms with E-state index in [1.54, 1.807) is 7.05 Å². The maximum Gasteiger partial charge on any atom is 0.191 e. The first-order valence-electron chi connectivity index (χ1n) is 9.60. The van der Waals surface area contributed by atoms with E-state index in [0.29, 0.717) is 19.8 Å². The summed E-state index contributed by atoms with van der Waals surface area (Å²) in [6.07, 6.45) is 2.25. The second kappa shape index (κ2) is 13.3. The number of ether oxygens (including phenoxy) is 3. The molecule has 1 unspecified atom stereocenters. The Balaban J connectivity index is 2.58. The average Bonchev–Trinajstić information content (AvgIpc) is 2.65. The van der Waals surface area contributed by atoms with Crippen LogP contribution in [0.25, 0.3) is 0 Å². The van der Waals surface area contributed by atoms with Gasteiger partial charge in [0.1, 0.15) is 0 Å². The molecule has 0 bridgehead atoms. The molecule has 26 heavy (non-hydrogen) atoms. The summed E-state index contributed by atoms with van der Waals surface area (Å²) in [5.41, 5.74) is 1.11. The van der Waals surface area contributed by atoms with Crippen LogP contribution in [0.1, 0.15) is 52.1 Å². The van der Waals surface area contributed by atoms with E-state index in [9.17, 15) is 0 Å². The monoisotopic (exact) mass is 365 g/mol. The Hall–Kier alpha value is -1.95. The number of benzene rings is 1. The standard InChI is InChI=1S/C20H35N3O3/c1-6-9-13-24-14-12-22-20(21-5)23-16(4)17-10-11-18(25-7-2)19(15-17)26-8-3/h10-11,15-16H,6-9,12-14H2,1-5H3,(H2,21,22,23). The van der Waals surface area contributed by atoms with Crippen LogP contribution in [0.2, 0.25) is 0 Å². The lowest BCUT2D eigenvalue weighted by molar-refractivity contribution is 0.136. The molecule has 0 aliphatic rings. The molecule has 0 saturated heterocycles. The number of aliphatic imine (C=N–C) groups is 1. The highest BCUT2D eigenvalue weighted by Gasteiger charge is 2.12. The third kappa shape index (κ3) is 7.95. The first kappa shape index (κ1) is 22.1. The van der Waals surface area contributed by atoms with Gasteiger partial charge in [-0.3, -0.25) is 4.99 Å². The van der Waals surface area contributed by atoms with Crippen molar-refractivity contribution >= 4 is 5.96 Å². The Labute approximate surface area is 158 Å². The molecule has 6 nitrogen and oxygen atoms in total. The van der Waals surface area contributed by atoms with Crippen LogP contribution in [-0.4, -0.2) is 46.0 Å². The number of rotatable bonds is 12. The molecule has 0 amide bonds. The summed E-state index contributed by atoms with van der Waals surface area (Å²) in [7, 11) is 1.77. The Kier molecular flexibility index (Phi) is 11.3. The summed E-state index contributed by atoms with van der Waals surface area (Å²) in [5.74, 6) is 2.30. The SMILES string of the molecule is CCCCOCCNC(=NC)NC(C)c1ccc(OCC)c(OCC)c1. The van der Waals surface area contributed by atoms with Crippen LogP contribution >= 0.6 is 0 Å². The zero-order valence-electron chi connectivity index (χ0n) is 16.9. The molecule has 0 aliphatic heterocycles. The molecule has 148 valence electrons. The normalized spacial score (nSPS) is 12.6. The van der Waals surface area contributed by atoms with E-state index in [0.717, 1.165) is 49.0 Å². The molecule has 1 atom stereocenters. The number of guanidine groups is 1. The largest absolute Gasteiger partial charge is 0.490 e. The Bertz CT molecular complexity index is 535. The fourth-order valence-electron chi connectivity index (χ4n) is 2.41. The van der Waals surface area contributed by atoms with Crippen molar-refractivity contribution in [2.75, 3.05) is 40.0 Å². The maximum atomic E-state index is 5.71. The third-order valence-electron chi connectivity index (χ3n) is 3.83. The van der Waals surface area contributed by atoms with Gasteiger partial charge in [0.25, 0.3) is 0 Å². The summed E-state index contributed by atoms with van der Waals surface area (Å²) >= 11 is 0. The second-order valence-corrected chi connectivity index (χ2v) is 5.90. The lowest BCUT2D eigenvalue weighted by Crippen LogP contribution is -2.40. The van der Waals surface area contributed by atoms with Crippen LogP contribution in [0.3, 0.4) is 0 Å². The summed E-state index contributed by atoms with van der Waals surface area (Å²) in [4.78, 5) is 4.28. The van der Waals surface area contributed by atoms with Gasteiger partial charge in [-0.25, -0.2) is 0 Å². The molecule has 2 N–H and O–H groups in total. The zero-order valence-corrected chi connectivity index (χ0v) is 16.9. The fraction of sp³-hybridized carbons (Fsp3) is 0.650. The molecule has 6 heteroatoms. The van der Waals surface area contributed by atoms with Crippen LogP contribution < -0.4 is 20.1 Å². The predicted octanol–water partition coefficient (Wildman–Crippen LogP) is 3.53. The highest BCUT2D eigenvalue weighted by Crippen LogP contribution is 2.30. The van der Waals surface area contributed by atoms with Crippen molar-refractivity contribution in [2.45, 2.75) is 46.6 Å². The predicted molar refractivity (Wildman–Crippen MR) is 107 cm³/mol. The van der Waals surface area contributed by atoms with Crippen molar-refractivity contribution < 1.29 is 14.2 Å². The first-order chi connectivity index (χ1) is 12.7. The molecule has 1 rings (SSSR count). The number of unbranched alkanes of at least 4 members (excludes halogenated alkanes) is 1. The Morgan fingerprint density at radius 1 is 1.08 bits per heavy atom. The van der Waals surface area contributed by atoms with Gasteiger partial charge in [0.05, 0.1) is 25.9 Å². The van der Waals surface area contributed by atoms with Crippen molar-refractivity contribution in [2.24, 2.45) is 4.99 Å². The van der Waals surface area contributed by atoms with E-state index in [-0.39, 0.29) is 6.04 Å². The zero-order chi connectivity index (χ0) is 19.2. The maximum absolute atomic E-state index is 5.71. The second-order valence-electron chi connectivity index (χ2n) is 5.90. The van der Waals surface area contributed by atoms with Gasteiger partial charge in [0.2, 0.25) is 0 Å². The number of hydrogen-bond acceptors (Lipinski definition) is 4. The minimum atomic E-state index is 0.0806. The van der Waals surface area contributed by atoms with Crippen LogP contribution in [0.4, 0.5) is 0 Å². The van der Waals surface area contributed by atoms with Crippen LogP contribution in [0, 0.1) is 0 Å². The van der Waals surface area contributed by atoms with Crippen LogP contribution in [0.15, 0.2) is 23.2 Å². The van der Waals surface area contributed by atoms with E-state index in [2.05, 4.69) is 29.5 Å². The number of nitrogens with zero attached hydrogens (tertiary/aromatic N) is 1. The van der Waals surface area contributed by atoms with E-state index in [1.807, 2.05) is 32.0 Å². The molecule has 0 heterocycles. The van der Waals surface area contributed by atoms with Crippen LogP contribution in [0.5, 0.6) is 11.5 Å². The highest BCUT2D eigenvalue weighted by molar-refractivity contribution is 5.80. The smallest absolute Gasteiger partial charge is 0.191 e. The first-order valence-corrected chi connectivity index (χ1v) is 9.60. The molecule has 0 aliphatic carbocycles. The summed E-state index contributed by atoms with van der Waals surface area (Å²) in [6, 6.07) is 6.11. The molecule has 0 aromatic heterocycles. The van der Waals surface area contributed by atoms with E-state index >= 15 is 0 Å². The molecule has 0 radical (unpaired) electrons. The van der Waals surface area contributed by atoms with Crippen molar-refractivity contribution in [3.63, 3.8) is 0 Å². The lowest BCUT2D eigenvalue weighted by Gasteiger charge is -2.20. The molecular formula is C20H35N3O3. The molecular weight excluding hydrogens is 330 g/mol. The van der Waals surface area contributed by atoms with Gasteiger partial charge in [0.15, 0.2) is 17.5 Å². The minimum Gasteiger partial charge on any atom is -0.490 e. The van der Waals surface area contributed by atoms with Gasteiger partial charge in [-0.2, -0.15) is 0 Å². The van der Waals surface area contributed by atoms with Gasteiger partial charge >= 0.3 is 0 Å². The number of hydrogen-bond donors (Lipinski definition) is 2. The highest BCUT2D eigenvalue weighted by atomic mass is 16.5. The number of nitrogens with one attached hydrogen (secondary N) is 2. The minimum absolute atomic E-state index is 0.0806. The molecule has 0 spiro atoms. The molecule has 1 aromatic carbocycles. The van der Waals surface area contributed by atoms with Crippen molar-refractivity contribution in [3.8, 4) is 11.5 Å². The van der Waals surface area contributed by atoms with Gasteiger partial charge < -0.3 is 24.8 Å². The van der Waals surface area contributed by atoms with Gasteiger partial charge in [-0.1, -0.05) is 19.4 Å². The summed E-state index contributed by atoms with van der Waals surface area (Å²) in [6.45, 7) is 11.6. The topological polar surface area (TPSA) is 64.1 Å². The van der Waals surface area contributed by atoms with Crippen molar-refractivity contribution in [1.82, 2.24) is 10.6 Å². The fourth-order valence-corrected chi connectivity index (χ4v) is 2.41. The summed E-state index contributed by atoms with van der Waals surface area (Å²) in [5, 5.41) is 6.67. The van der Waals surface area contributed by atoms with Crippen molar-refractivity contribution in [1.29, 1.82) is 0 Å². The van der Waals surface area contributed by atoms with Gasteiger partial charge in [0, 0.05) is 20.2 Å². The average molecular weight is 366 g/mol. The van der Waals surface area contributed by atoms with E-state index < -0.39 is 0 Å². The molecule has 1 aromatic rings. The van der Waals surface area contributed by atoms with Gasteiger partial charge in [-0.05, 0) is 44.9 Å². The van der Waals surface area contributed by atoms with E-state index in [4.69, 9.17) is 14.2 Å². The third-order valence-corrected chi connectivity index (χ3v) is 3.83. The van der Waals surface area contributed by atoms with E-state index in [1.165, 1.54) is 0 Å². The Morgan fingerprint density at radius 2 is 1.81 bits per heavy atom. The summed E-state index contributed by atoms with van der Waals surface area (Å²) < 4.78 is 16.9. The Morgan fingerprint density at radius 3 is 2.46 bits per heavy atom. The van der Waals surface area contributed by atoms with Gasteiger partial charge in [-0.15, -0.1) is 0 Å². The van der Waals surface area contributed by atoms with Crippen molar-refractivity contribution in [3.05, 3.63) is 23.8 Å². The quantitative estimate of drug-likeness (QED) is 0.337. The lowest BCUT2D eigenvalue weighted by atomic mass is 10.1. The molecule has 0 saturated carbocycles. The van der Waals surface area contributed by atoms with Crippen LogP contribution in [-0.2, 0) is 4.74 Å².